The second kappa shape index (κ2) is 9.33. The maximum Gasteiger partial charge on any atom is 0.241 e. The number of fused-ring (bicyclic) bond motifs is 4. The van der Waals surface area contributed by atoms with Crippen LogP contribution in [0.25, 0.3) is 10.8 Å². The molecule has 7 nitrogen and oxygen atoms in total. The monoisotopic (exact) mass is 459 g/mol. The molecule has 8 heteroatoms. The number of halogens is 1. The summed E-state index contributed by atoms with van der Waals surface area (Å²) in [4.78, 5) is 17.1. The van der Waals surface area contributed by atoms with Crippen LogP contribution in [-0.4, -0.2) is 21.5 Å². The summed E-state index contributed by atoms with van der Waals surface area (Å²) in [5.41, 5.74) is 3.10. The predicted octanol–water partition coefficient (Wildman–Crippen LogP) is 4.60. The molecule has 1 atom stereocenters. The number of ether oxygens (including phenoxy) is 1. The largest absolute Gasteiger partial charge is 0.456 e. The second-order valence-electron chi connectivity index (χ2n) is 7.84. The lowest BCUT2D eigenvalue weighted by Gasteiger charge is -2.17. The number of nitriles is 1. The molecule has 0 saturated heterocycles. The molecule has 1 aromatic heterocycles. The molecule has 4 bridgehead atoms. The zero-order valence-corrected chi connectivity index (χ0v) is 18.7. The molecule has 0 spiro atoms. The minimum atomic E-state index is -0.401. The van der Waals surface area contributed by atoms with Crippen LogP contribution in [0.2, 0.25) is 0 Å². The van der Waals surface area contributed by atoms with Crippen LogP contribution in [0.1, 0.15) is 23.7 Å². The van der Waals surface area contributed by atoms with Crippen LogP contribution < -0.4 is 15.4 Å². The summed E-state index contributed by atoms with van der Waals surface area (Å²) in [5, 5.41) is 17.7. The van der Waals surface area contributed by atoms with Crippen molar-refractivity contribution in [2.45, 2.75) is 26.1 Å². The molecule has 0 saturated carbocycles. The summed E-state index contributed by atoms with van der Waals surface area (Å²) in [6.07, 6.45) is 3.54. The van der Waals surface area contributed by atoms with E-state index in [0.29, 0.717) is 35.8 Å². The summed E-state index contributed by atoms with van der Waals surface area (Å²) >= 11 is 0. The molecule has 1 aliphatic heterocycles. The van der Waals surface area contributed by atoms with E-state index in [1.165, 1.54) is 0 Å². The maximum absolute atomic E-state index is 12.8. The van der Waals surface area contributed by atoms with E-state index in [1.807, 2.05) is 60.0 Å². The van der Waals surface area contributed by atoms with Crippen LogP contribution in [0.5, 0.6) is 11.5 Å². The smallest absolute Gasteiger partial charge is 0.241 e. The Morgan fingerprint density at radius 2 is 2.06 bits per heavy atom. The van der Waals surface area contributed by atoms with Crippen LogP contribution in [0, 0.1) is 11.3 Å². The van der Waals surface area contributed by atoms with Gasteiger partial charge in [-0.3, -0.25) is 4.79 Å². The molecule has 5 rings (SSSR count). The first kappa shape index (κ1) is 22.3. The van der Waals surface area contributed by atoms with E-state index >= 15 is 0 Å². The molecule has 0 radical (unpaired) electrons. The van der Waals surface area contributed by atoms with Gasteiger partial charge in [-0.15, -0.1) is 12.4 Å². The Bertz CT molecular complexity index is 1370. The first-order chi connectivity index (χ1) is 15.6. The zero-order chi connectivity index (χ0) is 22.1. The fourth-order valence-corrected chi connectivity index (χ4v) is 3.82. The van der Waals surface area contributed by atoms with Gasteiger partial charge in [0, 0.05) is 30.4 Å². The first-order valence-corrected chi connectivity index (χ1v) is 10.4. The van der Waals surface area contributed by atoms with Gasteiger partial charge in [0.25, 0.3) is 0 Å². The number of imidazole rings is 1. The quantitative estimate of drug-likeness (QED) is 0.401. The van der Waals surface area contributed by atoms with Gasteiger partial charge in [-0.2, -0.15) is 5.26 Å². The topological polar surface area (TPSA) is 92.0 Å². The van der Waals surface area contributed by atoms with Crippen molar-refractivity contribution in [2.75, 3.05) is 5.32 Å². The lowest BCUT2D eigenvalue weighted by atomic mass is 10.1. The molecule has 4 aromatic rings. The highest BCUT2D eigenvalue weighted by atomic mass is 35.5. The van der Waals surface area contributed by atoms with Gasteiger partial charge >= 0.3 is 0 Å². The third kappa shape index (κ3) is 4.53. The van der Waals surface area contributed by atoms with Crippen molar-refractivity contribution in [3.63, 3.8) is 0 Å². The van der Waals surface area contributed by atoms with Crippen LogP contribution in [0.3, 0.4) is 0 Å². The summed E-state index contributed by atoms with van der Waals surface area (Å²) in [7, 11) is 0. The number of nitrogens with zero attached hydrogens (tertiary/aromatic N) is 3. The molecule has 3 aromatic carbocycles. The second-order valence-corrected chi connectivity index (χ2v) is 7.84. The average molecular weight is 460 g/mol. The Balaban J connectivity index is 0.00000259. The Kier molecular flexibility index (Phi) is 6.31. The Hall–Kier alpha value is -3.86. The van der Waals surface area contributed by atoms with E-state index in [0.717, 1.165) is 22.0 Å². The molecular formula is C25H22ClN5O2. The zero-order valence-electron chi connectivity index (χ0n) is 17.9. The van der Waals surface area contributed by atoms with Crippen LogP contribution in [0.4, 0.5) is 5.69 Å². The minimum Gasteiger partial charge on any atom is -0.456 e. The lowest BCUT2D eigenvalue weighted by molar-refractivity contribution is -0.117. The van der Waals surface area contributed by atoms with Crippen molar-refractivity contribution >= 4 is 34.8 Å². The molecule has 0 unspecified atom stereocenters. The van der Waals surface area contributed by atoms with Gasteiger partial charge in [-0.1, -0.05) is 24.3 Å². The number of rotatable bonds is 0. The molecule has 166 valence electrons. The van der Waals surface area contributed by atoms with E-state index < -0.39 is 6.04 Å². The summed E-state index contributed by atoms with van der Waals surface area (Å²) in [5.74, 6) is 0.958. The number of benzene rings is 3. The summed E-state index contributed by atoms with van der Waals surface area (Å²) in [6.45, 7) is 2.90. The standard InChI is InChI=1S/C25H21N5O2.ClH/c1-16-25(31)29-23-4-2-3-18-7-8-21(10-22(18)23)32-24-9-17(5-6-19(24)11-26)14-30-15-27-12-20(30)13-28-16;/h2-10,12,15-16,28H,13-14H2,1H3,(H,29,31);1H/t16-;/m0./s1. The third-order valence-electron chi connectivity index (χ3n) is 5.64. The van der Waals surface area contributed by atoms with E-state index in [2.05, 4.69) is 21.7 Å². The molecule has 2 heterocycles. The molecule has 0 fully saturated rings. The highest BCUT2D eigenvalue weighted by Gasteiger charge is 2.16. The van der Waals surface area contributed by atoms with Gasteiger partial charge in [-0.25, -0.2) is 4.98 Å². The number of carbonyl (C=O) groups excluding carboxylic acids is 1. The number of carbonyl (C=O) groups is 1. The van der Waals surface area contributed by atoms with Gasteiger partial charge in [-0.05, 0) is 48.2 Å². The van der Waals surface area contributed by atoms with Gasteiger partial charge in [0.15, 0.2) is 0 Å². The number of hydrogen-bond donors (Lipinski definition) is 2. The fourth-order valence-electron chi connectivity index (χ4n) is 3.82. The average Bonchev–Trinajstić information content (AvgIpc) is 3.24. The van der Waals surface area contributed by atoms with Crippen molar-refractivity contribution in [1.82, 2.24) is 14.9 Å². The van der Waals surface area contributed by atoms with Crippen LogP contribution in [0.15, 0.2) is 67.1 Å². The number of hydrogen-bond acceptors (Lipinski definition) is 5. The van der Waals surface area contributed by atoms with E-state index in [4.69, 9.17) is 4.74 Å². The van der Waals surface area contributed by atoms with Gasteiger partial charge in [0.2, 0.25) is 5.91 Å². The third-order valence-corrected chi connectivity index (χ3v) is 5.64. The van der Waals surface area contributed by atoms with Crippen molar-refractivity contribution in [3.8, 4) is 17.6 Å². The van der Waals surface area contributed by atoms with Crippen molar-refractivity contribution in [1.29, 1.82) is 5.26 Å². The van der Waals surface area contributed by atoms with Gasteiger partial charge in [0.1, 0.15) is 17.6 Å². The lowest BCUT2D eigenvalue weighted by Crippen LogP contribution is -2.38. The van der Waals surface area contributed by atoms with Crippen molar-refractivity contribution in [3.05, 3.63) is 83.9 Å². The normalized spacial score (nSPS) is 15.6. The highest BCUT2D eigenvalue weighted by Crippen LogP contribution is 2.32. The number of nitrogens with one attached hydrogen (secondary N) is 2. The molecule has 0 aliphatic carbocycles. The predicted molar refractivity (Wildman–Crippen MR) is 129 cm³/mol. The molecule has 1 amide bonds. The SMILES string of the molecule is C[C@@H]1NCc2cncn2Cc2ccc(C#N)c(c2)Oc2ccc3cccc(c3c2)NC1=O.Cl. The van der Waals surface area contributed by atoms with Gasteiger partial charge < -0.3 is 19.9 Å². The fraction of sp³-hybridized carbons (Fsp3) is 0.160. The van der Waals surface area contributed by atoms with Crippen LogP contribution in [-0.2, 0) is 17.9 Å². The highest BCUT2D eigenvalue weighted by molar-refractivity contribution is 6.04. The molecule has 1 aliphatic rings. The Labute approximate surface area is 197 Å². The van der Waals surface area contributed by atoms with E-state index in [-0.39, 0.29) is 18.3 Å². The molecule has 2 N–H and O–H groups in total. The van der Waals surface area contributed by atoms with E-state index in [9.17, 15) is 10.1 Å². The Morgan fingerprint density at radius 3 is 2.91 bits per heavy atom. The maximum atomic E-state index is 12.8. The van der Waals surface area contributed by atoms with E-state index in [1.54, 1.807) is 18.6 Å². The van der Waals surface area contributed by atoms with Gasteiger partial charge in [0.05, 0.1) is 23.6 Å². The first-order valence-electron chi connectivity index (χ1n) is 10.4. The van der Waals surface area contributed by atoms with Crippen LogP contribution >= 0.6 is 12.4 Å². The Morgan fingerprint density at radius 1 is 1.18 bits per heavy atom. The summed E-state index contributed by atoms with van der Waals surface area (Å²) in [6, 6.07) is 18.8. The molecular weight excluding hydrogens is 438 g/mol. The van der Waals surface area contributed by atoms with Crippen molar-refractivity contribution in [2.24, 2.45) is 0 Å². The molecule has 33 heavy (non-hydrogen) atoms. The number of aromatic nitrogens is 2. The minimum absolute atomic E-state index is 0. The number of amides is 1. The number of anilines is 1. The van der Waals surface area contributed by atoms with Crippen molar-refractivity contribution < 1.29 is 9.53 Å². The summed E-state index contributed by atoms with van der Waals surface area (Å²) < 4.78 is 8.16.